The van der Waals surface area contributed by atoms with Crippen molar-refractivity contribution in [3.63, 3.8) is 0 Å². The minimum absolute atomic E-state index is 0.192. The fourth-order valence-electron chi connectivity index (χ4n) is 0.672. The molecule has 0 radical (unpaired) electrons. The highest BCUT2D eigenvalue weighted by Crippen LogP contribution is 2.19. The van der Waals surface area contributed by atoms with E-state index < -0.39 is 15.8 Å². The Hall–Kier alpha value is -1.24. The summed E-state index contributed by atoms with van der Waals surface area (Å²) in [5, 5.41) is 8.20. The lowest BCUT2D eigenvalue weighted by Crippen LogP contribution is -2.20. The van der Waals surface area contributed by atoms with Crippen molar-refractivity contribution < 1.29 is 22.3 Å². The fraction of sp³-hybridized carbons (Fsp3) is 0.286. The molecule has 5 nitrogen and oxygen atoms in total. The maximum Gasteiger partial charge on any atom is 0.355 e. The van der Waals surface area contributed by atoms with Gasteiger partial charge in [-0.1, -0.05) is 23.2 Å². The number of hydrogen-bond acceptors (Lipinski definition) is 5. The summed E-state index contributed by atoms with van der Waals surface area (Å²) >= 11 is 0.798. The van der Waals surface area contributed by atoms with Crippen molar-refractivity contribution in [2.45, 2.75) is 5.76 Å². The Labute approximate surface area is 94.2 Å². The van der Waals surface area contributed by atoms with Crippen LogP contribution in [-0.4, -0.2) is 30.9 Å². The fourth-order valence-corrected chi connectivity index (χ4v) is 2.11. The number of halogens is 2. The van der Waals surface area contributed by atoms with E-state index in [1.807, 2.05) is 0 Å². The molecule has 2 N–H and O–H groups in total. The van der Waals surface area contributed by atoms with Gasteiger partial charge in [0, 0.05) is 0 Å². The molecule has 0 saturated carbocycles. The number of rotatable bonds is 3. The Balaban J connectivity index is 2.81. The van der Waals surface area contributed by atoms with Crippen LogP contribution in [0.15, 0.2) is 6.20 Å². The van der Waals surface area contributed by atoms with Gasteiger partial charge in [0.25, 0.3) is 10.0 Å². The van der Waals surface area contributed by atoms with E-state index in [0.29, 0.717) is 4.88 Å². The molecule has 0 aliphatic carbocycles. The number of aromatic nitrogens is 1. The molecule has 0 unspecified atom stereocenters. The van der Waals surface area contributed by atoms with Crippen molar-refractivity contribution in [1.82, 2.24) is 4.98 Å². The van der Waals surface area contributed by atoms with Crippen LogP contribution in [0.2, 0.25) is 0 Å². The zero-order chi connectivity index (χ0) is 12.2. The minimum atomic E-state index is -4.69. The first-order valence-electron chi connectivity index (χ1n) is 3.81. The van der Waals surface area contributed by atoms with Gasteiger partial charge < -0.3 is 5.11 Å². The summed E-state index contributed by atoms with van der Waals surface area (Å²) in [6, 6.07) is 0. The summed E-state index contributed by atoms with van der Waals surface area (Å²) in [7, 11) is -4.69. The summed E-state index contributed by atoms with van der Waals surface area (Å²) < 4.78 is 47.1. The third-order valence-electron chi connectivity index (χ3n) is 1.26. The first kappa shape index (κ1) is 12.8. The topological polar surface area (TPSA) is 79.3 Å². The van der Waals surface area contributed by atoms with Gasteiger partial charge in [-0.25, -0.2) is 13.4 Å². The average Bonchev–Trinajstić information content (AvgIpc) is 2.61. The van der Waals surface area contributed by atoms with Crippen molar-refractivity contribution in [3.05, 3.63) is 11.1 Å². The summed E-state index contributed by atoms with van der Waals surface area (Å²) in [6.45, 7) is -0.351. The number of aliphatic hydroxyl groups excluding tert-OH is 1. The van der Waals surface area contributed by atoms with Crippen molar-refractivity contribution in [2.24, 2.45) is 0 Å². The zero-order valence-corrected chi connectivity index (χ0v) is 9.28. The van der Waals surface area contributed by atoms with Gasteiger partial charge in [0.2, 0.25) is 0 Å². The molecule has 0 spiro atoms. The Morgan fingerprint density at radius 2 is 2.31 bits per heavy atom. The summed E-state index contributed by atoms with van der Waals surface area (Å²) in [5.74, 6) is 1.27. The lowest BCUT2D eigenvalue weighted by atomic mass is 10.5. The molecule has 1 aromatic rings. The van der Waals surface area contributed by atoms with Crippen LogP contribution >= 0.6 is 11.3 Å². The minimum Gasteiger partial charge on any atom is -0.384 e. The summed E-state index contributed by atoms with van der Waals surface area (Å²) in [4.78, 5) is 3.91. The predicted molar refractivity (Wildman–Crippen MR) is 54.6 cm³/mol. The van der Waals surface area contributed by atoms with Crippen molar-refractivity contribution in [3.8, 4) is 11.8 Å². The highest BCUT2D eigenvalue weighted by Gasteiger charge is 2.24. The largest absolute Gasteiger partial charge is 0.384 e. The van der Waals surface area contributed by atoms with E-state index in [-0.39, 0.29) is 11.7 Å². The maximum absolute atomic E-state index is 12.0. The number of thiazole rings is 1. The Morgan fingerprint density at radius 1 is 1.62 bits per heavy atom. The lowest BCUT2D eigenvalue weighted by Gasteiger charge is -2.01. The van der Waals surface area contributed by atoms with Crippen LogP contribution in [0, 0.1) is 11.8 Å². The molecule has 0 fully saturated rings. The molecule has 0 atom stereocenters. The van der Waals surface area contributed by atoms with Crippen LogP contribution in [-0.2, 0) is 10.0 Å². The number of aliphatic hydroxyl groups is 1. The number of nitrogens with zero attached hydrogens (tertiary/aromatic N) is 1. The smallest absolute Gasteiger partial charge is 0.355 e. The molecule has 16 heavy (non-hydrogen) atoms. The van der Waals surface area contributed by atoms with Crippen LogP contribution in [0.4, 0.5) is 13.9 Å². The summed E-state index contributed by atoms with van der Waals surface area (Å²) in [6.07, 6.45) is 1.22. The van der Waals surface area contributed by atoms with E-state index in [2.05, 4.69) is 16.8 Å². The quantitative estimate of drug-likeness (QED) is 0.780. The molecule has 1 heterocycles. The molecule has 0 aliphatic heterocycles. The summed E-state index contributed by atoms with van der Waals surface area (Å²) in [5.41, 5.74) is 0. The van der Waals surface area contributed by atoms with Gasteiger partial charge in [0.15, 0.2) is 5.13 Å². The van der Waals surface area contributed by atoms with E-state index in [0.717, 1.165) is 11.3 Å². The molecular formula is C7H6F2N2O3S2. The van der Waals surface area contributed by atoms with Gasteiger partial charge in [0.1, 0.15) is 6.61 Å². The number of anilines is 1. The molecule has 0 bridgehead atoms. The van der Waals surface area contributed by atoms with Crippen molar-refractivity contribution >= 4 is 26.5 Å². The average molecular weight is 268 g/mol. The molecule has 0 saturated heterocycles. The molecular weight excluding hydrogens is 262 g/mol. The van der Waals surface area contributed by atoms with E-state index in [4.69, 9.17) is 5.11 Å². The van der Waals surface area contributed by atoms with E-state index in [9.17, 15) is 17.2 Å². The van der Waals surface area contributed by atoms with Gasteiger partial charge >= 0.3 is 5.76 Å². The second-order valence-electron chi connectivity index (χ2n) is 2.40. The second kappa shape index (κ2) is 5.20. The van der Waals surface area contributed by atoms with Gasteiger partial charge in [-0.05, 0) is 0 Å². The molecule has 88 valence electrons. The van der Waals surface area contributed by atoms with Crippen LogP contribution in [0.25, 0.3) is 0 Å². The molecule has 1 aromatic heterocycles. The van der Waals surface area contributed by atoms with Crippen LogP contribution in [0.3, 0.4) is 0 Å². The van der Waals surface area contributed by atoms with Crippen LogP contribution < -0.4 is 4.72 Å². The number of sulfonamides is 1. The normalized spacial score (nSPS) is 11.0. The predicted octanol–water partition coefficient (Wildman–Crippen LogP) is 0.451. The molecule has 0 aromatic carbocycles. The van der Waals surface area contributed by atoms with Crippen molar-refractivity contribution in [1.29, 1.82) is 0 Å². The van der Waals surface area contributed by atoms with E-state index in [1.165, 1.54) is 6.20 Å². The SMILES string of the molecule is O=S(=O)(Nc1ncc(C#CCO)s1)C(F)F. The molecule has 9 heteroatoms. The van der Waals surface area contributed by atoms with E-state index in [1.54, 1.807) is 4.72 Å². The Bertz CT molecular complexity index is 515. The Morgan fingerprint density at radius 3 is 2.88 bits per heavy atom. The van der Waals surface area contributed by atoms with Gasteiger partial charge in [-0.3, -0.25) is 4.72 Å². The standard InChI is InChI=1S/C7H6F2N2O3S2/c8-6(9)16(13,14)11-7-10-4-5(15-7)2-1-3-12/h4,6,12H,3H2,(H,10,11). The highest BCUT2D eigenvalue weighted by molar-refractivity contribution is 7.93. The zero-order valence-electron chi connectivity index (χ0n) is 7.65. The number of nitrogens with one attached hydrogen (secondary N) is 1. The molecule has 1 rings (SSSR count). The lowest BCUT2D eigenvalue weighted by molar-refractivity contribution is 0.236. The Kier molecular flexibility index (Phi) is 4.17. The second-order valence-corrected chi connectivity index (χ2v) is 5.08. The third-order valence-corrected chi connectivity index (χ3v) is 3.16. The van der Waals surface area contributed by atoms with Gasteiger partial charge in [-0.2, -0.15) is 8.78 Å². The molecule has 0 aliphatic rings. The first-order valence-corrected chi connectivity index (χ1v) is 6.17. The van der Waals surface area contributed by atoms with Crippen LogP contribution in [0.1, 0.15) is 4.88 Å². The number of alkyl halides is 2. The maximum atomic E-state index is 12.0. The van der Waals surface area contributed by atoms with Crippen molar-refractivity contribution in [2.75, 3.05) is 11.3 Å². The first-order chi connectivity index (χ1) is 7.45. The van der Waals surface area contributed by atoms with Gasteiger partial charge in [-0.15, -0.1) is 0 Å². The molecule has 0 amide bonds. The van der Waals surface area contributed by atoms with Gasteiger partial charge in [0.05, 0.1) is 11.1 Å². The highest BCUT2D eigenvalue weighted by atomic mass is 32.2. The third kappa shape index (κ3) is 3.41. The van der Waals surface area contributed by atoms with Crippen LogP contribution in [0.5, 0.6) is 0 Å². The monoisotopic (exact) mass is 268 g/mol. The van der Waals surface area contributed by atoms with E-state index >= 15 is 0 Å². The number of hydrogen-bond donors (Lipinski definition) is 2.